The van der Waals surface area contributed by atoms with Crippen LogP contribution in [0.2, 0.25) is 0 Å². The van der Waals surface area contributed by atoms with E-state index >= 15 is 0 Å². The van der Waals surface area contributed by atoms with Crippen LogP contribution in [0.25, 0.3) is 0 Å². The third kappa shape index (κ3) is 4.89. The number of allylic oxidation sites excluding steroid dienone is 4. The monoisotopic (exact) mass is 644 g/mol. The fourth-order valence-electron chi connectivity index (χ4n) is 8.30. The maximum absolute atomic E-state index is 6.13. The summed E-state index contributed by atoms with van der Waals surface area (Å²) in [7, 11) is 7.01. The van der Waals surface area contributed by atoms with Crippen molar-refractivity contribution in [2.75, 3.05) is 42.7 Å². The van der Waals surface area contributed by atoms with Crippen LogP contribution in [0.5, 0.6) is 34.5 Å². The molecule has 0 bridgehead atoms. The van der Waals surface area contributed by atoms with Crippen molar-refractivity contribution in [3.63, 3.8) is 0 Å². The van der Waals surface area contributed by atoms with E-state index in [0.29, 0.717) is 0 Å². The molecule has 3 aromatic rings. The predicted molar refractivity (Wildman–Crippen MR) is 192 cm³/mol. The molecule has 0 fully saturated rings. The molecule has 1 aliphatic carbocycles. The summed E-state index contributed by atoms with van der Waals surface area (Å²) in [5.41, 5.74) is 10.5. The van der Waals surface area contributed by atoms with Gasteiger partial charge in [-0.05, 0) is 123 Å². The van der Waals surface area contributed by atoms with E-state index in [1.54, 1.807) is 42.7 Å². The molecule has 0 saturated heterocycles. The van der Waals surface area contributed by atoms with Gasteiger partial charge in [0.15, 0.2) is 8.07 Å². The summed E-state index contributed by atoms with van der Waals surface area (Å²) in [6.07, 6.45) is 0. The minimum Gasteiger partial charge on any atom is -0.496 e. The second-order valence-electron chi connectivity index (χ2n) is 12.5. The van der Waals surface area contributed by atoms with Crippen LogP contribution in [0.15, 0.2) is 40.1 Å². The molecule has 7 heteroatoms. The average molecular weight is 645 g/mol. The van der Waals surface area contributed by atoms with E-state index in [4.69, 9.17) is 28.4 Å². The SMILES string of the molecule is COc1cc(OC)c(C)c([Si](C2=C(C)C(C)=C(C)C2C)(c2c(C)c(OC)cc(OC)c2C)c2c(C)c(OC)cc(OC)c2C)c1C. The molecule has 4 rings (SSSR count). The molecule has 0 spiro atoms. The maximum atomic E-state index is 6.13. The van der Waals surface area contributed by atoms with Crippen molar-refractivity contribution >= 4 is 23.6 Å². The Morgan fingerprint density at radius 1 is 0.413 bits per heavy atom. The van der Waals surface area contributed by atoms with Gasteiger partial charge in [-0.25, -0.2) is 0 Å². The van der Waals surface area contributed by atoms with E-state index in [9.17, 15) is 0 Å². The molecule has 0 heterocycles. The summed E-state index contributed by atoms with van der Waals surface area (Å²) < 4.78 is 36.8. The zero-order valence-electron chi connectivity index (χ0n) is 30.8. The Morgan fingerprint density at radius 2 is 0.652 bits per heavy atom. The third-order valence-electron chi connectivity index (χ3n) is 10.7. The van der Waals surface area contributed by atoms with Crippen LogP contribution < -0.4 is 44.0 Å². The fraction of sp³-hybridized carbons (Fsp3) is 0.436. The van der Waals surface area contributed by atoms with Crippen molar-refractivity contribution in [3.05, 3.63) is 73.5 Å². The van der Waals surface area contributed by atoms with E-state index in [2.05, 4.69) is 69.2 Å². The van der Waals surface area contributed by atoms with Gasteiger partial charge in [0.2, 0.25) is 0 Å². The molecule has 248 valence electrons. The van der Waals surface area contributed by atoms with Gasteiger partial charge in [0.05, 0.1) is 42.7 Å². The van der Waals surface area contributed by atoms with Gasteiger partial charge >= 0.3 is 0 Å². The molecule has 3 aromatic carbocycles. The van der Waals surface area contributed by atoms with Crippen LogP contribution in [0.1, 0.15) is 61.1 Å². The molecular weight excluding hydrogens is 593 g/mol. The number of hydrogen-bond donors (Lipinski definition) is 0. The fourth-order valence-corrected chi connectivity index (χ4v) is 15.6. The van der Waals surface area contributed by atoms with Crippen LogP contribution in [0.3, 0.4) is 0 Å². The van der Waals surface area contributed by atoms with Gasteiger partial charge in [-0.2, -0.15) is 0 Å². The predicted octanol–water partition coefficient (Wildman–Crippen LogP) is 6.90. The second-order valence-corrected chi connectivity index (χ2v) is 16.1. The summed E-state index contributed by atoms with van der Waals surface area (Å²) in [6.45, 7) is 22.3. The van der Waals surface area contributed by atoms with E-state index in [1.165, 1.54) is 37.5 Å². The first-order valence-electron chi connectivity index (χ1n) is 15.8. The van der Waals surface area contributed by atoms with Gasteiger partial charge in [-0.3, -0.25) is 0 Å². The number of rotatable bonds is 10. The summed E-state index contributed by atoms with van der Waals surface area (Å²) in [4.78, 5) is 0. The van der Waals surface area contributed by atoms with E-state index in [-0.39, 0.29) is 5.92 Å². The van der Waals surface area contributed by atoms with E-state index in [0.717, 1.165) is 67.9 Å². The normalized spacial score (nSPS) is 15.0. The molecule has 0 amide bonds. The van der Waals surface area contributed by atoms with Crippen molar-refractivity contribution in [1.29, 1.82) is 0 Å². The molecule has 1 atom stereocenters. The first kappa shape index (κ1) is 35.0. The number of ether oxygens (including phenoxy) is 6. The molecule has 0 aromatic heterocycles. The lowest BCUT2D eigenvalue weighted by Crippen LogP contribution is -2.73. The first-order valence-corrected chi connectivity index (χ1v) is 17.8. The Kier molecular flexibility index (Phi) is 9.98. The zero-order chi connectivity index (χ0) is 34.4. The van der Waals surface area contributed by atoms with Crippen LogP contribution in [0.4, 0.5) is 0 Å². The van der Waals surface area contributed by atoms with Crippen molar-refractivity contribution in [3.8, 4) is 34.5 Å². The van der Waals surface area contributed by atoms with Crippen molar-refractivity contribution in [2.24, 2.45) is 5.92 Å². The largest absolute Gasteiger partial charge is 0.496 e. The molecule has 0 saturated carbocycles. The van der Waals surface area contributed by atoms with Crippen LogP contribution in [-0.4, -0.2) is 50.7 Å². The smallest absolute Gasteiger partial charge is 0.178 e. The van der Waals surface area contributed by atoms with Crippen molar-refractivity contribution in [1.82, 2.24) is 0 Å². The van der Waals surface area contributed by atoms with Gasteiger partial charge in [0.25, 0.3) is 0 Å². The van der Waals surface area contributed by atoms with Gasteiger partial charge in [-0.1, -0.05) is 23.3 Å². The Bertz CT molecular complexity index is 1520. The maximum Gasteiger partial charge on any atom is 0.178 e. The minimum atomic E-state index is -3.40. The molecular formula is C39H52O6Si. The van der Waals surface area contributed by atoms with Gasteiger partial charge in [0, 0.05) is 18.2 Å². The van der Waals surface area contributed by atoms with Crippen molar-refractivity contribution < 1.29 is 28.4 Å². The second kappa shape index (κ2) is 13.1. The molecule has 0 radical (unpaired) electrons. The topological polar surface area (TPSA) is 55.4 Å². The quantitative estimate of drug-likeness (QED) is 0.177. The lowest BCUT2D eigenvalue weighted by atomic mass is 10.1. The molecule has 0 aliphatic heterocycles. The van der Waals surface area contributed by atoms with E-state index < -0.39 is 8.07 Å². The molecule has 1 aliphatic rings. The van der Waals surface area contributed by atoms with E-state index in [1.807, 2.05) is 18.2 Å². The van der Waals surface area contributed by atoms with Gasteiger partial charge in [0.1, 0.15) is 34.5 Å². The van der Waals surface area contributed by atoms with Crippen LogP contribution >= 0.6 is 0 Å². The first-order chi connectivity index (χ1) is 21.7. The highest BCUT2D eigenvalue weighted by Crippen LogP contribution is 2.46. The summed E-state index contributed by atoms with van der Waals surface area (Å²) in [6, 6.07) is 6.04. The van der Waals surface area contributed by atoms with Crippen molar-refractivity contribution in [2.45, 2.75) is 69.2 Å². The molecule has 1 unspecified atom stereocenters. The minimum absolute atomic E-state index is 0.162. The zero-order valence-corrected chi connectivity index (χ0v) is 31.8. The standard InChI is InChI=1S/C39H52O6Si/c1-20-21(2)23(4)36(22(20)3)46(37-24(5)30(40-11)17-31(41-12)25(37)6,38-26(7)32(42-13)18-33(43-14)27(38)8)39-28(9)34(44-15)19-35(45-16)29(39)10/h17-19,22H,1-16H3. The average Bonchev–Trinajstić information content (AvgIpc) is 3.23. The van der Waals surface area contributed by atoms with Gasteiger partial charge in [-0.15, -0.1) is 0 Å². The number of hydrogen-bond acceptors (Lipinski definition) is 6. The molecule has 0 N–H and O–H groups in total. The number of benzene rings is 3. The lowest BCUT2D eigenvalue weighted by Gasteiger charge is -2.44. The van der Waals surface area contributed by atoms with Crippen LogP contribution in [-0.2, 0) is 0 Å². The van der Waals surface area contributed by atoms with Crippen LogP contribution in [0, 0.1) is 47.5 Å². The summed E-state index contributed by atoms with van der Waals surface area (Å²) in [5.74, 6) is 4.88. The Labute approximate surface area is 277 Å². The third-order valence-corrected chi connectivity index (χ3v) is 16.9. The Balaban J connectivity index is 2.60. The molecule has 6 nitrogen and oxygen atoms in total. The summed E-state index contributed by atoms with van der Waals surface area (Å²) in [5, 5.41) is 5.12. The highest BCUT2D eigenvalue weighted by atomic mass is 28.3. The number of methoxy groups -OCH3 is 6. The highest BCUT2D eigenvalue weighted by Gasteiger charge is 2.54. The Hall–Kier alpha value is -3.84. The highest BCUT2D eigenvalue weighted by molar-refractivity contribution is 7.17. The van der Waals surface area contributed by atoms with Gasteiger partial charge < -0.3 is 28.4 Å². The lowest BCUT2D eigenvalue weighted by molar-refractivity contribution is 0.391. The Morgan fingerprint density at radius 3 is 0.826 bits per heavy atom. The summed E-state index contributed by atoms with van der Waals surface area (Å²) >= 11 is 0. The molecule has 46 heavy (non-hydrogen) atoms.